The van der Waals surface area contributed by atoms with Gasteiger partial charge in [0.15, 0.2) is 11.2 Å². The van der Waals surface area contributed by atoms with Crippen LogP contribution >= 0.6 is 0 Å². The number of aromatic nitrogens is 4. The number of aromatic amines is 1. The summed E-state index contributed by atoms with van der Waals surface area (Å²) in [4.78, 5) is 30.6. The van der Waals surface area contributed by atoms with Gasteiger partial charge in [-0.3, -0.25) is 14.3 Å². The molecule has 8 nitrogen and oxygen atoms in total. The zero-order valence-corrected chi connectivity index (χ0v) is 11.8. The van der Waals surface area contributed by atoms with Crippen LogP contribution in [0.15, 0.2) is 9.59 Å². The number of nitrogens with zero attached hydrogens (tertiary/aromatic N) is 3. The van der Waals surface area contributed by atoms with Gasteiger partial charge in [0.2, 0.25) is 5.95 Å². The number of H-pyrrole nitrogens is 1. The quantitative estimate of drug-likeness (QED) is 0.704. The SMILES string of the molecule is CCC(C)n1c(=O)[nH]c(=O)c2c1nc(NCCO)n2C. The van der Waals surface area contributed by atoms with Gasteiger partial charge in [-0.05, 0) is 13.3 Å². The molecule has 3 N–H and O–H groups in total. The van der Waals surface area contributed by atoms with Crippen molar-refractivity contribution in [1.82, 2.24) is 19.1 Å². The average Bonchev–Trinajstić information content (AvgIpc) is 2.73. The van der Waals surface area contributed by atoms with Crippen molar-refractivity contribution in [2.24, 2.45) is 7.05 Å². The van der Waals surface area contributed by atoms with E-state index in [1.165, 1.54) is 4.57 Å². The van der Waals surface area contributed by atoms with Gasteiger partial charge < -0.3 is 15.0 Å². The second kappa shape index (κ2) is 5.49. The van der Waals surface area contributed by atoms with Gasteiger partial charge in [-0.2, -0.15) is 4.98 Å². The molecule has 20 heavy (non-hydrogen) atoms. The molecule has 8 heteroatoms. The highest BCUT2D eigenvalue weighted by molar-refractivity contribution is 5.74. The van der Waals surface area contributed by atoms with Crippen molar-refractivity contribution in [3.8, 4) is 0 Å². The van der Waals surface area contributed by atoms with Crippen molar-refractivity contribution in [3.63, 3.8) is 0 Å². The molecule has 110 valence electrons. The predicted octanol–water partition coefficient (Wildman–Crippen LogP) is -0.202. The lowest BCUT2D eigenvalue weighted by Gasteiger charge is -2.12. The molecule has 0 saturated heterocycles. The standard InChI is InChI=1S/C12H19N5O3/c1-4-7(2)17-9-8(10(19)15-12(17)20)16(3)11(14-9)13-5-6-18/h7,18H,4-6H2,1-3H3,(H,13,14)(H,15,19,20). The van der Waals surface area contributed by atoms with Crippen LogP contribution in [0, 0.1) is 0 Å². The predicted molar refractivity (Wildman–Crippen MR) is 76.2 cm³/mol. The lowest BCUT2D eigenvalue weighted by atomic mass is 10.2. The maximum atomic E-state index is 12.0. The summed E-state index contributed by atoms with van der Waals surface area (Å²) >= 11 is 0. The van der Waals surface area contributed by atoms with E-state index in [1.54, 1.807) is 11.6 Å². The van der Waals surface area contributed by atoms with E-state index in [-0.39, 0.29) is 12.6 Å². The molecule has 0 amide bonds. The number of nitrogens with one attached hydrogen (secondary N) is 2. The number of fused-ring (bicyclic) bond motifs is 1. The van der Waals surface area contributed by atoms with Crippen molar-refractivity contribution < 1.29 is 5.11 Å². The monoisotopic (exact) mass is 281 g/mol. The third-order valence-electron chi connectivity index (χ3n) is 3.39. The van der Waals surface area contributed by atoms with E-state index in [4.69, 9.17) is 5.11 Å². The zero-order valence-electron chi connectivity index (χ0n) is 11.8. The van der Waals surface area contributed by atoms with Crippen LogP contribution in [0.5, 0.6) is 0 Å². The minimum absolute atomic E-state index is 0.0439. The van der Waals surface area contributed by atoms with Gasteiger partial charge in [-0.1, -0.05) is 6.92 Å². The molecule has 0 fully saturated rings. The first-order valence-electron chi connectivity index (χ1n) is 6.57. The molecule has 0 aliphatic rings. The number of aryl methyl sites for hydroxylation is 1. The molecule has 0 aliphatic heterocycles. The Kier molecular flexibility index (Phi) is 3.93. The molecule has 0 bridgehead atoms. The maximum absolute atomic E-state index is 12.0. The summed E-state index contributed by atoms with van der Waals surface area (Å²) < 4.78 is 3.07. The van der Waals surface area contributed by atoms with Crippen molar-refractivity contribution >= 4 is 17.1 Å². The Morgan fingerprint density at radius 3 is 2.75 bits per heavy atom. The molecule has 1 unspecified atom stereocenters. The zero-order chi connectivity index (χ0) is 14.9. The Balaban J connectivity index is 2.75. The van der Waals surface area contributed by atoms with E-state index in [0.717, 1.165) is 6.42 Å². The van der Waals surface area contributed by atoms with Crippen LogP contribution in [0.1, 0.15) is 26.3 Å². The Labute approximate surface area is 115 Å². The number of hydrogen-bond acceptors (Lipinski definition) is 5. The van der Waals surface area contributed by atoms with E-state index in [9.17, 15) is 9.59 Å². The number of anilines is 1. The van der Waals surface area contributed by atoms with Gasteiger partial charge in [0.05, 0.1) is 6.61 Å². The summed E-state index contributed by atoms with van der Waals surface area (Å²) in [5.74, 6) is 0.446. The first-order chi connectivity index (χ1) is 9.51. The number of aliphatic hydroxyl groups excluding tert-OH is 1. The minimum Gasteiger partial charge on any atom is -0.395 e. The molecular weight excluding hydrogens is 262 g/mol. The van der Waals surface area contributed by atoms with Crippen molar-refractivity contribution in [2.45, 2.75) is 26.3 Å². The fourth-order valence-corrected chi connectivity index (χ4v) is 2.14. The van der Waals surface area contributed by atoms with Gasteiger partial charge in [0, 0.05) is 19.6 Å². The third-order valence-corrected chi connectivity index (χ3v) is 3.39. The third kappa shape index (κ3) is 2.22. The number of imidazole rings is 1. The molecule has 2 heterocycles. The van der Waals surface area contributed by atoms with Gasteiger partial charge in [0.25, 0.3) is 5.56 Å². The Morgan fingerprint density at radius 1 is 1.45 bits per heavy atom. The summed E-state index contributed by atoms with van der Waals surface area (Å²) in [6.07, 6.45) is 0.747. The smallest absolute Gasteiger partial charge is 0.330 e. The molecule has 0 saturated carbocycles. The van der Waals surface area contributed by atoms with E-state index >= 15 is 0 Å². The fraction of sp³-hybridized carbons (Fsp3) is 0.583. The van der Waals surface area contributed by atoms with Crippen LogP contribution in [0.3, 0.4) is 0 Å². The molecule has 0 radical (unpaired) electrons. The van der Waals surface area contributed by atoms with Gasteiger partial charge in [0.1, 0.15) is 0 Å². The minimum atomic E-state index is -0.461. The Morgan fingerprint density at radius 2 is 2.15 bits per heavy atom. The second-order valence-corrected chi connectivity index (χ2v) is 4.70. The molecule has 1 atom stereocenters. The Hall–Kier alpha value is -2.09. The van der Waals surface area contributed by atoms with Gasteiger partial charge in [-0.15, -0.1) is 0 Å². The van der Waals surface area contributed by atoms with Crippen molar-refractivity contribution in [3.05, 3.63) is 20.8 Å². The topological polar surface area (TPSA) is 105 Å². The molecular formula is C12H19N5O3. The summed E-state index contributed by atoms with van der Waals surface area (Å²) in [7, 11) is 1.69. The van der Waals surface area contributed by atoms with E-state index < -0.39 is 11.2 Å². The lowest BCUT2D eigenvalue weighted by molar-refractivity contribution is 0.310. The highest BCUT2D eigenvalue weighted by Gasteiger charge is 2.18. The molecule has 2 rings (SSSR count). The molecule has 0 spiro atoms. The maximum Gasteiger partial charge on any atom is 0.330 e. The average molecular weight is 281 g/mol. The normalized spacial score (nSPS) is 12.8. The lowest BCUT2D eigenvalue weighted by Crippen LogP contribution is -2.32. The van der Waals surface area contributed by atoms with E-state index in [1.807, 2.05) is 13.8 Å². The van der Waals surface area contributed by atoms with Crippen LogP contribution in [0.25, 0.3) is 11.2 Å². The molecule has 0 aliphatic carbocycles. The van der Waals surface area contributed by atoms with Crippen LogP contribution in [0.4, 0.5) is 5.95 Å². The van der Waals surface area contributed by atoms with E-state index in [2.05, 4.69) is 15.3 Å². The summed E-state index contributed by atoms with van der Waals surface area (Å²) in [5, 5.41) is 11.8. The summed E-state index contributed by atoms with van der Waals surface area (Å²) in [6, 6.07) is -0.0672. The Bertz CT molecular complexity index is 727. The van der Waals surface area contributed by atoms with Crippen molar-refractivity contribution in [2.75, 3.05) is 18.5 Å². The molecule has 2 aromatic rings. The highest BCUT2D eigenvalue weighted by atomic mass is 16.3. The largest absolute Gasteiger partial charge is 0.395 e. The second-order valence-electron chi connectivity index (χ2n) is 4.70. The number of aliphatic hydroxyl groups is 1. The molecule has 0 aromatic carbocycles. The molecule has 2 aromatic heterocycles. The van der Waals surface area contributed by atoms with Gasteiger partial charge >= 0.3 is 5.69 Å². The van der Waals surface area contributed by atoms with Crippen LogP contribution in [-0.4, -0.2) is 37.4 Å². The van der Waals surface area contributed by atoms with E-state index in [0.29, 0.717) is 23.7 Å². The van der Waals surface area contributed by atoms with Crippen LogP contribution in [-0.2, 0) is 7.05 Å². The number of hydrogen-bond donors (Lipinski definition) is 3. The van der Waals surface area contributed by atoms with Crippen molar-refractivity contribution in [1.29, 1.82) is 0 Å². The summed E-state index contributed by atoms with van der Waals surface area (Å²) in [6.45, 7) is 4.14. The summed E-state index contributed by atoms with van der Waals surface area (Å²) in [5.41, 5.74) is -0.221. The fourth-order valence-electron chi connectivity index (χ4n) is 2.14. The highest BCUT2D eigenvalue weighted by Crippen LogP contribution is 2.17. The first-order valence-corrected chi connectivity index (χ1v) is 6.57. The first kappa shape index (κ1) is 14.3. The number of rotatable bonds is 5. The van der Waals surface area contributed by atoms with Crippen LogP contribution in [0.2, 0.25) is 0 Å². The van der Waals surface area contributed by atoms with Crippen LogP contribution < -0.4 is 16.6 Å². The van der Waals surface area contributed by atoms with Gasteiger partial charge in [-0.25, -0.2) is 4.79 Å².